The van der Waals surface area contributed by atoms with Crippen molar-refractivity contribution in [1.82, 2.24) is 9.80 Å². The fourth-order valence-electron chi connectivity index (χ4n) is 1.75. The summed E-state index contributed by atoms with van der Waals surface area (Å²) in [7, 11) is 3.21. The Morgan fingerprint density at radius 3 is 1.53 bits per heavy atom. The minimum absolute atomic E-state index is 0.142. The van der Waals surface area contributed by atoms with Crippen molar-refractivity contribution in [3.63, 3.8) is 0 Å². The Balaban J connectivity index is 2.61. The van der Waals surface area contributed by atoms with E-state index in [0.29, 0.717) is 13.1 Å². The molecule has 0 spiro atoms. The molecular formula is C11H10F5N3. The molecule has 1 aliphatic heterocycles. The lowest BCUT2D eigenvalue weighted by Gasteiger charge is -2.16. The number of hydrogen-bond acceptors (Lipinski definition) is 1. The smallest absolute Gasteiger partial charge is 0.201 e. The Morgan fingerprint density at radius 2 is 1.11 bits per heavy atom. The second-order valence-electron chi connectivity index (χ2n) is 4.17. The van der Waals surface area contributed by atoms with Crippen LogP contribution in [0.15, 0.2) is 4.99 Å². The average Bonchev–Trinajstić information content (AvgIpc) is 2.70. The number of hydrogen-bond donors (Lipinski definition) is 0. The maximum Gasteiger partial charge on any atom is 0.201 e. The van der Waals surface area contributed by atoms with E-state index in [1.165, 1.54) is 0 Å². The van der Waals surface area contributed by atoms with Crippen molar-refractivity contribution in [2.75, 3.05) is 27.2 Å². The molecule has 1 aliphatic rings. The number of halogens is 5. The lowest BCUT2D eigenvalue weighted by atomic mass is 10.2. The van der Waals surface area contributed by atoms with Gasteiger partial charge in [0.15, 0.2) is 23.3 Å². The molecule has 8 heteroatoms. The summed E-state index contributed by atoms with van der Waals surface area (Å²) in [6, 6.07) is 0. The summed E-state index contributed by atoms with van der Waals surface area (Å²) in [5.74, 6) is -9.91. The molecule has 0 aromatic heterocycles. The zero-order chi connectivity index (χ0) is 14.3. The molecule has 0 saturated carbocycles. The van der Waals surface area contributed by atoms with E-state index in [0.717, 1.165) is 0 Å². The molecule has 0 N–H and O–H groups in total. The van der Waals surface area contributed by atoms with Gasteiger partial charge in [0, 0.05) is 27.2 Å². The third kappa shape index (κ3) is 2.11. The van der Waals surface area contributed by atoms with Crippen molar-refractivity contribution >= 4 is 11.6 Å². The molecule has 1 aromatic carbocycles. The Kier molecular flexibility index (Phi) is 3.34. The molecule has 2 rings (SSSR count). The summed E-state index contributed by atoms with van der Waals surface area (Å²) in [6.45, 7) is 1.09. The minimum Gasteiger partial charge on any atom is -0.344 e. The summed E-state index contributed by atoms with van der Waals surface area (Å²) >= 11 is 0. The third-order valence-electron chi connectivity index (χ3n) is 2.85. The van der Waals surface area contributed by atoms with E-state index in [2.05, 4.69) is 4.99 Å². The van der Waals surface area contributed by atoms with Crippen LogP contribution in [-0.2, 0) is 0 Å². The first kappa shape index (κ1) is 13.6. The van der Waals surface area contributed by atoms with Crippen molar-refractivity contribution in [3.8, 4) is 0 Å². The first-order valence-electron chi connectivity index (χ1n) is 5.37. The monoisotopic (exact) mass is 279 g/mol. The molecule has 1 saturated heterocycles. The summed E-state index contributed by atoms with van der Waals surface area (Å²) < 4.78 is 65.8. The molecule has 3 nitrogen and oxygen atoms in total. The molecule has 0 aliphatic carbocycles. The largest absolute Gasteiger partial charge is 0.344 e. The van der Waals surface area contributed by atoms with Gasteiger partial charge in [-0.05, 0) is 0 Å². The molecule has 19 heavy (non-hydrogen) atoms. The van der Waals surface area contributed by atoms with Crippen LogP contribution in [0.5, 0.6) is 0 Å². The highest BCUT2D eigenvalue weighted by molar-refractivity contribution is 5.84. The molecule has 1 fully saturated rings. The molecular weight excluding hydrogens is 269 g/mol. The van der Waals surface area contributed by atoms with Crippen LogP contribution < -0.4 is 0 Å². The zero-order valence-electron chi connectivity index (χ0n) is 10.1. The van der Waals surface area contributed by atoms with Crippen LogP contribution in [0, 0.1) is 29.1 Å². The normalized spacial score (nSPS) is 15.4. The molecule has 0 amide bonds. The quantitative estimate of drug-likeness (QED) is 0.446. The maximum atomic E-state index is 13.4. The van der Waals surface area contributed by atoms with Gasteiger partial charge in [0.1, 0.15) is 5.69 Å². The van der Waals surface area contributed by atoms with Crippen molar-refractivity contribution < 1.29 is 22.0 Å². The highest BCUT2D eigenvalue weighted by atomic mass is 19.2. The number of nitrogens with zero attached hydrogens (tertiary/aromatic N) is 3. The van der Waals surface area contributed by atoms with Crippen molar-refractivity contribution in [2.45, 2.75) is 0 Å². The fourth-order valence-corrected chi connectivity index (χ4v) is 1.75. The topological polar surface area (TPSA) is 18.8 Å². The maximum absolute atomic E-state index is 13.4. The van der Waals surface area contributed by atoms with Gasteiger partial charge >= 0.3 is 0 Å². The highest BCUT2D eigenvalue weighted by Gasteiger charge is 2.28. The predicted molar refractivity (Wildman–Crippen MR) is 58.6 cm³/mol. The molecule has 1 aromatic rings. The summed E-state index contributed by atoms with van der Waals surface area (Å²) in [5, 5.41) is 0. The van der Waals surface area contributed by atoms with E-state index >= 15 is 0 Å². The van der Waals surface area contributed by atoms with Gasteiger partial charge in [-0.25, -0.2) is 26.9 Å². The van der Waals surface area contributed by atoms with Crippen LogP contribution in [0.25, 0.3) is 0 Å². The Bertz CT molecular complexity index is 517. The lowest BCUT2D eigenvalue weighted by molar-refractivity contribution is 0.380. The first-order chi connectivity index (χ1) is 8.84. The van der Waals surface area contributed by atoms with Gasteiger partial charge in [0.05, 0.1) is 0 Å². The third-order valence-corrected chi connectivity index (χ3v) is 2.85. The van der Waals surface area contributed by atoms with Gasteiger partial charge in [-0.1, -0.05) is 0 Å². The second-order valence-corrected chi connectivity index (χ2v) is 4.17. The molecule has 1 heterocycles. The van der Waals surface area contributed by atoms with Gasteiger partial charge in [-0.3, -0.25) is 0 Å². The van der Waals surface area contributed by atoms with Crippen LogP contribution in [0.3, 0.4) is 0 Å². The number of guanidine groups is 1. The zero-order valence-corrected chi connectivity index (χ0v) is 10.1. The predicted octanol–water partition coefficient (Wildman–Crippen LogP) is 2.25. The van der Waals surface area contributed by atoms with Gasteiger partial charge < -0.3 is 9.80 Å². The van der Waals surface area contributed by atoms with Gasteiger partial charge in [0.2, 0.25) is 11.8 Å². The summed E-state index contributed by atoms with van der Waals surface area (Å²) in [4.78, 5) is 6.66. The molecule has 104 valence electrons. The fraction of sp³-hybridized carbons (Fsp3) is 0.364. The van der Waals surface area contributed by atoms with Crippen molar-refractivity contribution in [1.29, 1.82) is 0 Å². The minimum atomic E-state index is -2.19. The van der Waals surface area contributed by atoms with E-state index in [1.54, 1.807) is 23.9 Å². The van der Waals surface area contributed by atoms with Crippen LogP contribution in [0.2, 0.25) is 0 Å². The van der Waals surface area contributed by atoms with Gasteiger partial charge in [0.25, 0.3) is 0 Å². The van der Waals surface area contributed by atoms with Gasteiger partial charge in [-0.15, -0.1) is 0 Å². The first-order valence-corrected chi connectivity index (χ1v) is 5.37. The van der Waals surface area contributed by atoms with Crippen LogP contribution in [0.4, 0.5) is 27.6 Å². The Hall–Kier alpha value is -1.86. The Morgan fingerprint density at radius 1 is 0.737 bits per heavy atom. The Labute approximate surface area is 105 Å². The summed E-state index contributed by atoms with van der Waals surface area (Å²) in [5.41, 5.74) is -1.17. The molecule has 0 radical (unpaired) electrons. The molecule has 0 bridgehead atoms. The molecule has 0 atom stereocenters. The average molecular weight is 279 g/mol. The lowest BCUT2D eigenvalue weighted by Crippen LogP contribution is -2.28. The number of aliphatic imine (C=N–C) groups is 1. The standard InChI is InChI=1S/C11H10F5N3/c1-18-3-4-19(2)11(18)17-10-8(15)6(13)5(12)7(14)9(10)16/h3-4H2,1-2H3. The number of likely N-dealkylation sites (N-methyl/N-ethyl adjacent to an activating group) is 2. The van der Waals surface area contributed by atoms with E-state index in [4.69, 9.17) is 0 Å². The van der Waals surface area contributed by atoms with E-state index in [1.807, 2.05) is 0 Å². The van der Waals surface area contributed by atoms with Crippen LogP contribution in [-0.4, -0.2) is 42.9 Å². The number of rotatable bonds is 1. The van der Waals surface area contributed by atoms with E-state index in [-0.39, 0.29) is 5.96 Å². The van der Waals surface area contributed by atoms with E-state index in [9.17, 15) is 22.0 Å². The highest BCUT2D eigenvalue weighted by Crippen LogP contribution is 2.30. The van der Waals surface area contributed by atoms with Gasteiger partial charge in [-0.2, -0.15) is 0 Å². The summed E-state index contributed by atoms with van der Waals surface area (Å²) in [6.07, 6.45) is 0. The van der Waals surface area contributed by atoms with Crippen molar-refractivity contribution in [3.05, 3.63) is 29.1 Å². The van der Waals surface area contributed by atoms with Crippen LogP contribution >= 0.6 is 0 Å². The van der Waals surface area contributed by atoms with Crippen LogP contribution in [0.1, 0.15) is 0 Å². The second kappa shape index (κ2) is 4.67. The number of benzene rings is 1. The SMILES string of the molecule is CN1CCN(C)C1=Nc1c(F)c(F)c(F)c(F)c1F. The molecule has 0 unspecified atom stereocenters. The van der Waals surface area contributed by atoms with Crippen molar-refractivity contribution in [2.24, 2.45) is 4.99 Å². The van der Waals surface area contributed by atoms with E-state index < -0.39 is 34.8 Å².